The van der Waals surface area contributed by atoms with Crippen molar-refractivity contribution in [2.24, 2.45) is 0 Å². The van der Waals surface area contributed by atoms with Crippen molar-refractivity contribution in [3.63, 3.8) is 0 Å². The van der Waals surface area contributed by atoms with E-state index in [4.69, 9.17) is 9.26 Å². The summed E-state index contributed by atoms with van der Waals surface area (Å²) in [7, 11) is 0. The molecule has 1 N–H and O–H groups in total. The minimum Gasteiger partial charge on any atom is -0.375 e. The fourth-order valence-electron chi connectivity index (χ4n) is 2.59. The first-order chi connectivity index (χ1) is 10.3. The fraction of sp³-hybridized carbons (Fsp3) is 0.438. The molecule has 1 aromatic carbocycles. The van der Waals surface area contributed by atoms with Crippen molar-refractivity contribution in [3.05, 3.63) is 47.7 Å². The zero-order valence-corrected chi connectivity index (χ0v) is 12.3. The van der Waals surface area contributed by atoms with Crippen molar-refractivity contribution in [1.82, 2.24) is 10.5 Å². The maximum Gasteiger partial charge on any atom is 0.172 e. The molecule has 5 heteroatoms. The maximum atomic E-state index is 5.88. The van der Waals surface area contributed by atoms with Gasteiger partial charge in [0.05, 0.1) is 19.3 Å². The Kier molecular flexibility index (Phi) is 4.52. The summed E-state index contributed by atoms with van der Waals surface area (Å²) >= 11 is 0. The smallest absolute Gasteiger partial charge is 0.172 e. The van der Waals surface area contributed by atoms with Crippen LogP contribution in [0, 0.1) is 6.92 Å². The molecule has 0 aliphatic carbocycles. The first kappa shape index (κ1) is 14.1. The van der Waals surface area contributed by atoms with Crippen LogP contribution in [0.3, 0.4) is 0 Å². The van der Waals surface area contributed by atoms with Crippen LogP contribution in [-0.4, -0.2) is 37.4 Å². The lowest BCUT2D eigenvalue weighted by Gasteiger charge is -2.35. The van der Waals surface area contributed by atoms with Gasteiger partial charge in [-0.2, -0.15) is 0 Å². The van der Waals surface area contributed by atoms with Gasteiger partial charge in [-0.25, -0.2) is 0 Å². The molecule has 5 nitrogen and oxygen atoms in total. The van der Waals surface area contributed by atoms with Crippen LogP contribution in [-0.2, 0) is 11.3 Å². The third-order valence-electron chi connectivity index (χ3n) is 3.68. The van der Waals surface area contributed by atoms with Crippen LogP contribution < -0.4 is 10.2 Å². The van der Waals surface area contributed by atoms with E-state index in [9.17, 15) is 0 Å². The molecular weight excluding hydrogens is 266 g/mol. The molecule has 1 atom stereocenters. The van der Waals surface area contributed by atoms with Gasteiger partial charge in [-0.15, -0.1) is 0 Å². The molecule has 3 rings (SSSR count). The Labute approximate surface area is 124 Å². The molecule has 0 unspecified atom stereocenters. The number of hydrogen-bond acceptors (Lipinski definition) is 5. The highest BCUT2D eigenvalue weighted by Gasteiger charge is 2.24. The van der Waals surface area contributed by atoms with E-state index in [0.717, 1.165) is 31.2 Å². The minimum atomic E-state index is 0.284. The highest BCUT2D eigenvalue weighted by atomic mass is 16.5. The standard InChI is InChI=1S/C16H21N3O2/c1-13-9-16(18-21-13)19-8-7-17-10-15(19)12-20-11-14-5-3-2-4-6-14/h2-6,9,15,17H,7-8,10-12H2,1H3/t15-/m0/s1. The summed E-state index contributed by atoms with van der Waals surface area (Å²) in [5.74, 6) is 1.75. The van der Waals surface area contributed by atoms with Crippen molar-refractivity contribution >= 4 is 5.82 Å². The van der Waals surface area contributed by atoms with Gasteiger partial charge >= 0.3 is 0 Å². The monoisotopic (exact) mass is 287 g/mol. The van der Waals surface area contributed by atoms with Gasteiger partial charge in [0.2, 0.25) is 0 Å². The number of rotatable bonds is 5. The van der Waals surface area contributed by atoms with Crippen molar-refractivity contribution in [2.75, 3.05) is 31.1 Å². The van der Waals surface area contributed by atoms with Crippen LogP contribution in [0.15, 0.2) is 40.9 Å². The predicted octanol–water partition coefficient (Wildman–Crippen LogP) is 1.98. The molecule has 21 heavy (non-hydrogen) atoms. The quantitative estimate of drug-likeness (QED) is 0.911. The summed E-state index contributed by atoms with van der Waals surface area (Å²) in [6, 6.07) is 12.5. The van der Waals surface area contributed by atoms with E-state index in [1.807, 2.05) is 31.2 Å². The van der Waals surface area contributed by atoms with E-state index in [1.54, 1.807) is 0 Å². The van der Waals surface area contributed by atoms with Gasteiger partial charge in [0.25, 0.3) is 0 Å². The van der Waals surface area contributed by atoms with E-state index >= 15 is 0 Å². The van der Waals surface area contributed by atoms with E-state index in [1.165, 1.54) is 5.56 Å². The second-order valence-electron chi connectivity index (χ2n) is 5.35. The van der Waals surface area contributed by atoms with Gasteiger partial charge in [0.15, 0.2) is 5.82 Å². The van der Waals surface area contributed by atoms with Crippen molar-refractivity contribution in [3.8, 4) is 0 Å². The van der Waals surface area contributed by atoms with Crippen LogP contribution in [0.1, 0.15) is 11.3 Å². The summed E-state index contributed by atoms with van der Waals surface area (Å²) in [6.07, 6.45) is 0. The van der Waals surface area contributed by atoms with Gasteiger partial charge < -0.3 is 19.5 Å². The Morgan fingerprint density at radius 1 is 1.38 bits per heavy atom. The predicted molar refractivity (Wildman–Crippen MR) is 81.3 cm³/mol. The molecule has 1 fully saturated rings. The highest BCUT2D eigenvalue weighted by molar-refractivity contribution is 5.40. The minimum absolute atomic E-state index is 0.284. The number of anilines is 1. The number of nitrogens with zero attached hydrogens (tertiary/aromatic N) is 2. The average Bonchev–Trinajstić information content (AvgIpc) is 2.95. The van der Waals surface area contributed by atoms with E-state index < -0.39 is 0 Å². The molecule has 1 aliphatic heterocycles. The third kappa shape index (κ3) is 3.62. The molecule has 0 amide bonds. The molecule has 2 heterocycles. The molecule has 0 bridgehead atoms. The first-order valence-electron chi connectivity index (χ1n) is 7.35. The molecule has 1 aliphatic rings. The van der Waals surface area contributed by atoms with Gasteiger partial charge in [0, 0.05) is 25.7 Å². The van der Waals surface area contributed by atoms with Crippen LogP contribution in [0.4, 0.5) is 5.82 Å². The number of ether oxygens (including phenoxy) is 1. The van der Waals surface area contributed by atoms with Crippen LogP contribution in [0.25, 0.3) is 0 Å². The van der Waals surface area contributed by atoms with Crippen LogP contribution in [0.2, 0.25) is 0 Å². The molecule has 112 valence electrons. The largest absolute Gasteiger partial charge is 0.375 e. The molecule has 0 radical (unpaired) electrons. The van der Waals surface area contributed by atoms with Crippen molar-refractivity contribution in [2.45, 2.75) is 19.6 Å². The second kappa shape index (κ2) is 6.74. The molecule has 0 saturated carbocycles. The maximum absolute atomic E-state index is 5.88. The summed E-state index contributed by atoms with van der Waals surface area (Å²) in [4.78, 5) is 2.26. The normalized spacial score (nSPS) is 18.9. The van der Waals surface area contributed by atoms with E-state index in [2.05, 4.69) is 27.5 Å². The molecule has 1 saturated heterocycles. The lowest BCUT2D eigenvalue weighted by atomic mass is 10.2. The number of nitrogens with one attached hydrogen (secondary N) is 1. The summed E-state index contributed by atoms with van der Waals surface area (Å²) in [5, 5.41) is 7.53. The Morgan fingerprint density at radius 3 is 3.00 bits per heavy atom. The summed E-state index contributed by atoms with van der Waals surface area (Å²) in [6.45, 7) is 6.02. The zero-order valence-electron chi connectivity index (χ0n) is 12.3. The molecule has 2 aromatic rings. The van der Waals surface area contributed by atoms with Crippen LogP contribution in [0.5, 0.6) is 0 Å². The van der Waals surface area contributed by atoms with Crippen LogP contribution >= 0.6 is 0 Å². The van der Waals surface area contributed by atoms with E-state index in [0.29, 0.717) is 13.2 Å². The Morgan fingerprint density at radius 2 is 2.24 bits per heavy atom. The molecule has 0 spiro atoms. The fourth-order valence-corrected chi connectivity index (χ4v) is 2.59. The third-order valence-corrected chi connectivity index (χ3v) is 3.68. The van der Waals surface area contributed by atoms with Gasteiger partial charge in [0.1, 0.15) is 5.76 Å². The second-order valence-corrected chi connectivity index (χ2v) is 5.35. The van der Waals surface area contributed by atoms with Crippen molar-refractivity contribution in [1.29, 1.82) is 0 Å². The topological polar surface area (TPSA) is 50.5 Å². The van der Waals surface area contributed by atoms with E-state index in [-0.39, 0.29) is 6.04 Å². The Bertz CT molecular complexity index is 556. The number of piperazine rings is 1. The first-order valence-corrected chi connectivity index (χ1v) is 7.35. The lowest BCUT2D eigenvalue weighted by Crippen LogP contribution is -2.53. The number of hydrogen-bond donors (Lipinski definition) is 1. The van der Waals surface area contributed by atoms with Gasteiger partial charge in [-0.1, -0.05) is 35.5 Å². The summed E-state index contributed by atoms with van der Waals surface area (Å²) < 4.78 is 11.1. The number of aryl methyl sites for hydroxylation is 1. The Hall–Kier alpha value is -1.85. The molecular formula is C16H21N3O2. The summed E-state index contributed by atoms with van der Waals surface area (Å²) in [5.41, 5.74) is 1.20. The number of aromatic nitrogens is 1. The van der Waals surface area contributed by atoms with Gasteiger partial charge in [-0.3, -0.25) is 0 Å². The highest BCUT2D eigenvalue weighted by Crippen LogP contribution is 2.18. The molecule has 1 aromatic heterocycles. The van der Waals surface area contributed by atoms with Crippen molar-refractivity contribution < 1.29 is 9.26 Å². The SMILES string of the molecule is Cc1cc(N2CCNC[C@H]2COCc2ccccc2)no1. The average molecular weight is 287 g/mol. The number of benzene rings is 1. The van der Waals surface area contributed by atoms with Gasteiger partial charge in [-0.05, 0) is 12.5 Å². The lowest BCUT2D eigenvalue weighted by molar-refractivity contribution is 0.102. The Balaban J connectivity index is 1.57. The zero-order chi connectivity index (χ0) is 14.5.